The van der Waals surface area contributed by atoms with Gasteiger partial charge in [0.1, 0.15) is 5.75 Å². The molecule has 1 aromatic rings. The van der Waals surface area contributed by atoms with Gasteiger partial charge in [-0.15, -0.1) is 0 Å². The first kappa shape index (κ1) is 10.5. The Morgan fingerprint density at radius 2 is 1.67 bits per heavy atom. The highest BCUT2D eigenvalue weighted by Gasteiger charge is 2.18. The van der Waals surface area contributed by atoms with Gasteiger partial charge in [-0.25, -0.2) is 0 Å². The molecule has 0 amide bonds. The van der Waals surface area contributed by atoms with Crippen molar-refractivity contribution in [2.75, 3.05) is 0 Å². The van der Waals surface area contributed by atoms with Crippen LogP contribution in [0.3, 0.4) is 0 Å². The van der Waals surface area contributed by atoms with Gasteiger partial charge in [0.05, 0.1) is 6.10 Å². The molecule has 2 rings (SSSR count). The summed E-state index contributed by atoms with van der Waals surface area (Å²) in [6.45, 7) is 0. The van der Waals surface area contributed by atoms with E-state index in [-0.39, 0.29) is 6.10 Å². The van der Waals surface area contributed by atoms with Gasteiger partial charge in [-0.3, -0.25) is 0 Å². The van der Waals surface area contributed by atoms with Crippen LogP contribution in [0.5, 0.6) is 5.75 Å². The normalized spacial score (nSPS) is 27.3. The summed E-state index contributed by atoms with van der Waals surface area (Å²) in [7, 11) is 0. The Labute approximate surface area is 90.6 Å². The van der Waals surface area contributed by atoms with Gasteiger partial charge in [0.15, 0.2) is 0 Å². The predicted molar refractivity (Wildman–Crippen MR) is 59.9 cm³/mol. The molecule has 1 aromatic carbocycles. The average molecular weight is 206 g/mol. The van der Waals surface area contributed by atoms with Gasteiger partial charge in [0.25, 0.3) is 0 Å². The van der Waals surface area contributed by atoms with E-state index in [4.69, 9.17) is 0 Å². The maximum absolute atomic E-state index is 9.56. The fourth-order valence-electron chi connectivity index (χ4n) is 2.36. The molecule has 1 aliphatic rings. The van der Waals surface area contributed by atoms with Crippen LogP contribution in [0, 0.1) is 0 Å². The standard InChI is InChI=1S/C13H18O2/c14-12-3-1-2-10(4-7-12)11-5-8-13(15)9-6-11/h5-6,8-10,12,14-15H,1-4,7H2. The van der Waals surface area contributed by atoms with Crippen molar-refractivity contribution in [2.45, 2.75) is 44.1 Å². The molecule has 1 aliphatic carbocycles. The summed E-state index contributed by atoms with van der Waals surface area (Å²) in [6, 6.07) is 7.49. The summed E-state index contributed by atoms with van der Waals surface area (Å²) < 4.78 is 0. The molecule has 0 radical (unpaired) electrons. The molecule has 15 heavy (non-hydrogen) atoms. The van der Waals surface area contributed by atoms with E-state index in [2.05, 4.69) is 0 Å². The fourth-order valence-corrected chi connectivity index (χ4v) is 2.36. The third kappa shape index (κ3) is 2.72. The van der Waals surface area contributed by atoms with Crippen LogP contribution in [0.2, 0.25) is 0 Å². The number of rotatable bonds is 1. The number of aliphatic hydroxyl groups is 1. The number of hydrogen-bond acceptors (Lipinski definition) is 2. The van der Waals surface area contributed by atoms with Gasteiger partial charge in [-0.2, -0.15) is 0 Å². The van der Waals surface area contributed by atoms with Crippen LogP contribution in [-0.2, 0) is 0 Å². The highest BCUT2D eigenvalue weighted by Crippen LogP contribution is 2.32. The number of benzene rings is 1. The quantitative estimate of drug-likeness (QED) is 0.694. The van der Waals surface area contributed by atoms with Gasteiger partial charge >= 0.3 is 0 Å². The summed E-state index contributed by atoms with van der Waals surface area (Å²) in [5.41, 5.74) is 1.29. The molecule has 0 bridgehead atoms. The van der Waals surface area contributed by atoms with Crippen LogP contribution in [0.4, 0.5) is 0 Å². The van der Waals surface area contributed by atoms with Gasteiger partial charge in [-0.05, 0) is 49.3 Å². The van der Waals surface area contributed by atoms with E-state index < -0.39 is 0 Å². The molecule has 0 aliphatic heterocycles. The Morgan fingerprint density at radius 1 is 0.933 bits per heavy atom. The van der Waals surface area contributed by atoms with Gasteiger partial charge < -0.3 is 10.2 Å². The minimum absolute atomic E-state index is 0.105. The van der Waals surface area contributed by atoms with Gasteiger partial charge in [0, 0.05) is 0 Å². The van der Waals surface area contributed by atoms with E-state index in [1.807, 2.05) is 12.1 Å². The van der Waals surface area contributed by atoms with Crippen LogP contribution in [0.15, 0.2) is 24.3 Å². The van der Waals surface area contributed by atoms with Crippen molar-refractivity contribution >= 4 is 0 Å². The summed E-state index contributed by atoms with van der Waals surface area (Å²) in [5.74, 6) is 0.884. The smallest absolute Gasteiger partial charge is 0.115 e. The third-order valence-corrected chi connectivity index (χ3v) is 3.30. The Morgan fingerprint density at radius 3 is 2.40 bits per heavy atom. The first-order valence-electron chi connectivity index (χ1n) is 5.72. The van der Waals surface area contributed by atoms with Crippen LogP contribution in [0.25, 0.3) is 0 Å². The van der Waals surface area contributed by atoms with Crippen molar-refractivity contribution in [1.29, 1.82) is 0 Å². The molecule has 0 spiro atoms. The van der Waals surface area contributed by atoms with E-state index in [9.17, 15) is 10.2 Å². The Hall–Kier alpha value is -1.02. The van der Waals surface area contributed by atoms with Crippen molar-refractivity contribution < 1.29 is 10.2 Å². The average Bonchev–Trinajstić information content (AvgIpc) is 2.44. The lowest BCUT2D eigenvalue weighted by atomic mass is 9.92. The Balaban J connectivity index is 2.06. The number of phenols is 1. The lowest BCUT2D eigenvalue weighted by molar-refractivity contribution is 0.157. The first-order chi connectivity index (χ1) is 7.25. The molecule has 2 nitrogen and oxygen atoms in total. The van der Waals surface area contributed by atoms with Crippen molar-refractivity contribution in [3.05, 3.63) is 29.8 Å². The molecular weight excluding hydrogens is 188 g/mol. The SMILES string of the molecule is Oc1ccc(C2CCCC(O)CC2)cc1. The summed E-state index contributed by atoms with van der Waals surface area (Å²) in [4.78, 5) is 0. The van der Waals surface area contributed by atoms with Crippen molar-refractivity contribution in [3.63, 3.8) is 0 Å². The minimum atomic E-state index is -0.105. The van der Waals surface area contributed by atoms with E-state index in [1.54, 1.807) is 12.1 Å². The van der Waals surface area contributed by atoms with Crippen LogP contribution >= 0.6 is 0 Å². The predicted octanol–water partition coefficient (Wildman–Crippen LogP) is 2.80. The summed E-state index contributed by atoms with van der Waals surface area (Å²) >= 11 is 0. The highest BCUT2D eigenvalue weighted by molar-refractivity contribution is 5.28. The van der Waals surface area contributed by atoms with Crippen molar-refractivity contribution in [2.24, 2.45) is 0 Å². The molecule has 1 saturated carbocycles. The zero-order chi connectivity index (χ0) is 10.7. The molecule has 2 atom stereocenters. The summed E-state index contributed by atoms with van der Waals surface area (Å²) in [5, 5.41) is 18.8. The molecule has 82 valence electrons. The third-order valence-electron chi connectivity index (χ3n) is 3.30. The number of aromatic hydroxyl groups is 1. The van der Waals surface area contributed by atoms with E-state index in [0.717, 1.165) is 32.1 Å². The second-order valence-corrected chi connectivity index (χ2v) is 4.45. The molecule has 1 fully saturated rings. The summed E-state index contributed by atoms with van der Waals surface area (Å²) in [6.07, 6.45) is 5.06. The maximum Gasteiger partial charge on any atom is 0.115 e. The molecule has 0 saturated heterocycles. The maximum atomic E-state index is 9.56. The molecule has 2 N–H and O–H groups in total. The molecule has 2 heteroatoms. The number of hydrogen-bond donors (Lipinski definition) is 2. The highest BCUT2D eigenvalue weighted by atomic mass is 16.3. The van der Waals surface area contributed by atoms with Crippen LogP contribution in [-0.4, -0.2) is 16.3 Å². The zero-order valence-electron chi connectivity index (χ0n) is 8.89. The second kappa shape index (κ2) is 4.67. The largest absolute Gasteiger partial charge is 0.508 e. The molecular formula is C13H18O2. The Kier molecular flexibility index (Phi) is 3.27. The molecule has 0 heterocycles. The van der Waals surface area contributed by atoms with Crippen molar-refractivity contribution in [3.8, 4) is 5.75 Å². The minimum Gasteiger partial charge on any atom is -0.508 e. The lowest BCUT2D eigenvalue weighted by Gasteiger charge is -2.14. The molecule has 2 unspecified atom stereocenters. The monoisotopic (exact) mass is 206 g/mol. The van der Waals surface area contributed by atoms with E-state index in [1.165, 1.54) is 5.56 Å². The first-order valence-corrected chi connectivity index (χ1v) is 5.72. The zero-order valence-corrected chi connectivity index (χ0v) is 8.89. The van der Waals surface area contributed by atoms with E-state index in [0.29, 0.717) is 11.7 Å². The number of phenolic OH excluding ortho intramolecular Hbond substituents is 1. The molecule has 0 aromatic heterocycles. The van der Waals surface area contributed by atoms with Crippen LogP contribution < -0.4 is 0 Å². The fraction of sp³-hybridized carbons (Fsp3) is 0.538. The van der Waals surface area contributed by atoms with Gasteiger partial charge in [-0.1, -0.05) is 18.6 Å². The Bertz CT molecular complexity index is 305. The topological polar surface area (TPSA) is 40.5 Å². The van der Waals surface area contributed by atoms with E-state index >= 15 is 0 Å². The van der Waals surface area contributed by atoms with Crippen LogP contribution in [0.1, 0.15) is 43.6 Å². The second-order valence-electron chi connectivity index (χ2n) is 4.45. The van der Waals surface area contributed by atoms with Gasteiger partial charge in [0.2, 0.25) is 0 Å². The number of aliphatic hydroxyl groups excluding tert-OH is 1. The lowest BCUT2D eigenvalue weighted by Crippen LogP contribution is -2.03. The van der Waals surface area contributed by atoms with Crippen molar-refractivity contribution in [1.82, 2.24) is 0 Å².